The summed E-state index contributed by atoms with van der Waals surface area (Å²) < 4.78 is 1.47. The Morgan fingerprint density at radius 1 is 1.57 bits per heavy atom. The van der Waals surface area contributed by atoms with Crippen molar-refractivity contribution in [3.63, 3.8) is 0 Å². The van der Waals surface area contributed by atoms with Gasteiger partial charge in [-0.05, 0) is 6.92 Å². The van der Waals surface area contributed by atoms with E-state index < -0.39 is 0 Å². The Bertz CT molecular complexity index is 493. The summed E-state index contributed by atoms with van der Waals surface area (Å²) in [5.41, 5.74) is 6.20. The predicted molar refractivity (Wildman–Crippen MR) is 51.1 cm³/mol. The molecule has 2 heterocycles. The largest absolute Gasteiger partial charge is 0.382 e. The molecule has 0 amide bonds. The van der Waals surface area contributed by atoms with E-state index in [4.69, 9.17) is 5.73 Å². The van der Waals surface area contributed by atoms with Gasteiger partial charge >= 0.3 is 0 Å². The van der Waals surface area contributed by atoms with Crippen LogP contribution in [0, 0.1) is 6.92 Å². The van der Waals surface area contributed by atoms with E-state index in [9.17, 15) is 4.79 Å². The first kappa shape index (κ1) is 8.49. The fraction of sp³-hybridized carbons (Fsp3) is 0.125. The fourth-order valence-corrected chi connectivity index (χ4v) is 1.07. The molecule has 0 aliphatic rings. The summed E-state index contributed by atoms with van der Waals surface area (Å²) in [6.45, 7) is 1.84. The van der Waals surface area contributed by atoms with Gasteiger partial charge in [0.25, 0.3) is 5.56 Å². The summed E-state index contributed by atoms with van der Waals surface area (Å²) in [5, 5.41) is 4.00. The molecule has 0 bridgehead atoms. The molecule has 3 N–H and O–H groups in total. The third kappa shape index (κ3) is 1.37. The SMILES string of the molecule is Cc1cn(-c2cc(=O)[nH]cn2)nc1N. The monoisotopic (exact) mass is 191 g/mol. The maximum absolute atomic E-state index is 11.0. The van der Waals surface area contributed by atoms with E-state index in [2.05, 4.69) is 15.1 Å². The fourth-order valence-electron chi connectivity index (χ4n) is 1.07. The summed E-state index contributed by atoms with van der Waals surface area (Å²) in [5.74, 6) is 0.889. The molecule has 0 unspecified atom stereocenters. The molecule has 0 saturated heterocycles. The number of nitrogen functional groups attached to an aromatic ring is 1. The van der Waals surface area contributed by atoms with Crippen LogP contribution in [-0.2, 0) is 0 Å². The normalized spacial score (nSPS) is 10.4. The van der Waals surface area contributed by atoms with Gasteiger partial charge < -0.3 is 10.7 Å². The Morgan fingerprint density at radius 2 is 2.36 bits per heavy atom. The molecule has 2 rings (SSSR count). The second-order valence-electron chi connectivity index (χ2n) is 2.91. The third-order valence-corrected chi connectivity index (χ3v) is 1.83. The van der Waals surface area contributed by atoms with Gasteiger partial charge in [0, 0.05) is 17.8 Å². The van der Waals surface area contributed by atoms with E-state index in [0.29, 0.717) is 11.6 Å². The molecule has 72 valence electrons. The second kappa shape index (κ2) is 2.99. The van der Waals surface area contributed by atoms with Crippen LogP contribution < -0.4 is 11.3 Å². The average Bonchev–Trinajstić information content (AvgIpc) is 2.47. The molecule has 14 heavy (non-hydrogen) atoms. The first-order valence-corrected chi connectivity index (χ1v) is 4.03. The molecule has 6 nitrogen and oxygen atoms in total. The zero-order chi connectivity index (χ0) is 10.1. The summed E-state index contributed by atoms with van der Waals surface area (Å²) >= 11 is 0. The first-order chi connectivity index (χ1) is 6.66. The van der Waals surface area contributed by atoms with Gasteiger partial charge in [0.2, 0.25) is 0 Å². The van der Waals surface area contributed by atoms with Crippen LogP contribution in [-0.4, -0.2) is 19.7 Å². The van der Waals surface area contributed by atoms with Crippen molar-refractivity contribution in [1.82, 2.24) is 19.7 Å². The Hall–Kier alpha value is -2.11. The van der Waals surface area contributed by atoms with Gasteiger partial charge in [-0.15, -0.1) is 5.10 Å². The van der Waals surface area contributed by atoms with Crippen molar-refractivity contribution in [2.24, 2.45) is 0 Å². The lowest BCUT2D eigenvalue weighted by atomic mass is 10.4. The molecular formula is C8H9N5O. The highest BCUT2D eigenvalue weighted by molar-refractivity contribution is 5.38. The summed E-state index contributed by atoms with van der Waals surface area (Å²) in [6.07, 6.45) is 3.04. The quantitative estimate of drug-likeness (QED) is 0.655. The number of aromatic amines is 1. The van der Waals surface area contributed by atoms with Crippen molar-refractivity contribution >= 4 is 5.82 Å². The standard InChI is InChI=1S/C8H9N5O/c1-5-3-13(12-8(5)9)6-2-7(14)11-4-10-6/h2-4H,1H3,(H2,9,12)(H,10,11,14). The maximum Gasteiger partial charge on any atom is 0.252 e. The number of aryl methyl sites for hydroxylation is 1. The second-order valence-corrected chi connectivity index (χ2v) is 2.91. The lowest BCUT2D eigenvalue weighted by Gasteiger charge is -1.96. The van der Waals surface area contributed by atoms with Crippen LogP contribution in [0.1, 0.15) is 5.56 Å². The van der Waals surface area contributed by atoms with Crippen molar-refractivity contribution in [2.45, 2.75) is 6.92 Å². The zero-order valence-corrected chi connectivity index (χ0v) is 7.56. The number of nitrogens with two attached hydrogens (primary N) is 1. The predicted octanol–water partition coefficient (Wildman–Crippen LogP) is -0.154. The number of hydrogen-bond acceptors (Lipinski definition) is 4. The Balaban J connectivity index is 2.54. The van der Waals surface area contributed by atoms with Gasteiger partial charge in [0.1, 0.15) is 5.82 Å². The van der Waals surface area contributed by atoms with Crippen LogP contribution in [0.15, 0.2) is 23.4 Å². The van der Waals surface area contributed by atoms with Crippen LogP contribution in [0.25, 0.3) is 5.82 Å². The van der Waals surface area contributed by atoms with Crippen molar-refractivity contribution in [1.29, 1.82) is 0 Å². The number of hydrogen-bond donors (Lipinski definition) is 2. The first-order valence-electron chi connectivity index (χ1n) is 4.03. The average molecular weight is 191 g/mol. The molecule has 0 atom stereocenters. The molecule has 0 spiro atoms. The molecule has 2 aromatic heterocycles. The van der Waals surface area contributed by atoms with Gasteiger partial charge in [0.05, 0.1) is 6.33 Å². The molecule has 0 saturated carbocycles. The van der Waals surface area contributed by atoms with Gasteiger partial charge in [-0.1, -0.05) is 0 Å². The highest BCUT2D eigenvalue weighted by Crippen LogP contribution is 2.08. The number of rotatable bonds is 1. The maximum atomic E-state index is 11.0. The highest BCUT2D eigenvalue weighted by atomic mass is 16.1. The molecule has 0 fully saturated rings. The molecule has 2 aromatic rings. The topological polar surface area (TPSA) is 89.6 Å². The molecule has 0 aromatic carbocycles. The van der Waals surface area contributed by atoms with E-state index in [1.165, 1.54) is 17.1 Å². The van der Waals surface area contributed by atoms with Gasteiger partial charge in [-0.25, -0.2) is 9.67 Å². The molecule has 0 radical (unpaired) electrons. The smallest absolute Gasteiger partial charge is 0.252 e. The summed E-state index contributed by atoms with van der Waals surface area (Å²) in [4.78, 5) is 17.4. The van der Waals surface area contributed by atoms with Gasteiger partial charge in [-0.2, -0.15) is 0 Å². The molecule has 0 aliphatic carbocycles. The summed E-state index contributed by atoms with van der Waals surface area (Å²) in [7, 11) is 0. The Morgan fingerprint density at radius 3 is 2.93 bits per heavy atom. The van der Waals surface area contributed by atoms with Crippen molar-refractivity contribution in [3.05, 3.63) is 34.5 Å². The Labute approximate surface area is 79.4 Å². The zero-order valence-electron chi connectivity index (χ0n) is 7.56. The van der Waals surface area contributed by atoms with Gasteiger partial charge in [0.15, 0.2) is 5.82 Å². The van der Waals surface area contributed by atoms with Crippen LogP contribution in [0.4, 0.5) is 5.82 Å². The van der Waals surface area contributed by atoms with Crippen LogP contribution in [0.3, 0.4) is 0 Å². The lowest BCUT2D eigenvalue weighted by Crippen LogP contribution is -2.09. The van der Waals surface area contributed by atoms with Crippen molar-refractivity contribution in [2.75, 3.05) is 5.73 Å². The number of nitrogens with one attached hydrogen (secondary N) is 1. The summed E-state index contributed by atoms with van der Waals surface area (Å²) in [6, 6.07) is 1.35. The van der Waals surface area contributed by atoms with Crippen molar-refractivity contribution in [3.8, 4) is 5.82 Å². The van der Waals surface area contributed by atoms with E-state index in [1.807, 2.05) is 6.92 Å². The highest BCUT2D eigenvalue weighted by Gasteiger charge is 2.03. The van der Waals surface area contributed by atoms with Crippen molar-refractivity contribution < 1.29 is 0 Å². The van der Waals surface area contributed by atoms with E-state index in [1.54, 1.807) is 6.20 Å². The van der Waals surface area contributed by atoms with E-state index >= 15 is 0 Å². The number of nitrogens with zero attached hydrogens (tertiary/aromatic N) is 3. The molecule has 0 aliphatic heterocycles. The van der Waals surface area contributed by atoms with Crippen LogP contribution in [0.5, 0.6) is 0 Å². The molecule has 6 heteroatoms. The van der Waals surface area contributed by atoms with Crippen LogP contribution in [0.2, 0.25) is 0 Å². The minimum Gasteiger partial charge on any atom is -0.382 e. The van der Waals surface area contributed by atoms with Crippen LogP contribution >= 0.6 is 0 Å². The third-order valence-electron chi connectivity index (χ3n) is 1.83. The minimum atomic E-state index is -0.221. The number of H-pyrrole nitrogens is 1. The minimum absolute atomic E-state index is 0.221. The number of aromatic nitrogens is 4. The van der Waals surface area contributed by atoms with Gasteiger partial charge in [-0.3, -0.25) is 4.79 Å². The molecular weight excluding hydrogens is 182 g/mol. The lowest BCUT2D eigenvalue weighted by molar-refractivity contribution is 0.839. The van der Waals surface area contributed by atoms with E-state index in [0.717, 1.165) is 5.56 Å². The Kier molecular flexibility index (Phi) is 1.81. The number of anilines is 1. The van der Waals surface area contributed by atoms with E-state index in [-0.39, 0.29) is 5.56 Å².